The van der Waals surface area contributed by atoms with Crippen LogP contribution in [0.1, 0.15) is 47.1 Å². The number of nitrogens with zero attached hydrogens (tertiary/aromatic N) is 2. The van der Waals surface area contributed by atoms with Gasteiger partial charge in [-0.3, -0.25) is 19.4 Å². The predicted octanol–water partition coefficient (Wildman–Crippen LogP) is 3.36. The monoisotopic (exact) mass is 453 g/mol. The normalized spacial score (nSPS) is 14.0. The van der Waals surface area contributed by atoms with Crippen molar-refractivity contribution in [3.63, 3.8) is 0 Å². The number of carbonyl (C=O) groups is 4. The van der Waals surface area contributed by atoms with Gasteiger partial charge < -0.3 is 15.2 Å². The van der Waals surface area contributed by atoms with Crippen molar-refractivity contribution in [2.24, 2.45) is 0 Å². The molecule has 3 rings (SSSR count). The Hall–Kier alpha value is -3.88. The number of hydrogen-bond donors (Lipinski definition) is 2. The van der Waals surface area contributed by atoms with Crippen molar-refractivity contribution in [1.82, 2.24) is 15.1 Å². The largest absolute Gasteiger partial charge is 0.465 e. The van der Waals surface area contributed by atoms with Crippen molar-refractivity contribution in [2.45, 2.75) is 39.0 Å². The van der Waals surface area contributed by atoms with Gasteiger partial charge in [0.25, 0.3) is 11.8 Å². The van der Waals surface area contributed by atoms with Crippen LogP contribution in [0.4, 0.5) is 9.59 Å². The molecule has 33 heavy (non-hydrogen) atoms. The second-order valence-electron chi connectivity index (χ2n) is 8.69. The topological polar surface area (TPSA) is 116 Å². The van der Waals surface area contributed by atoms with Gasteiger partial charge >= 0.3 is 12.2 Å². The van der Waals surface area contributed by atoms with Crippen LogP contribution >= 0.6 is 0 Å². The average molecular weight is 453 g/mol. The molecule has 174 valence electrons. The first-order chi connectivity index (χ1) is 15.6. The molecule has 1 atom stereocenters. The summed E-state index contributed by atoms with van der Waals surface area (Å²) in [6, 6.07) is 14.7. The molecule has 0 spiro atoms. The van der Waals surface area contributed by atoms with Gasteiger partial charge in [-0.25, -0.2) is 9.59 Å². The van der Waals surface area contributed by atoms with E-state index in [2.05, 4.69) is 5.32 Å². The molecule has 4 amide bonds. The Kier molecular flexibility index (Phi) is 7.01. The third-order valence-electron chi connectivity index (χ3n) is 5.26. The Morgan fingerprint density at radius 1 is 1.00 bits per heavy atom. The van der Waals surface area contributed by atoms with Gasteiger partial charge in [-0.2, -0.15) is 0 Å². The van der Waals surface area contributed by atoms with E-state index in [1.807, 2.05) is 30.3 Å². The van der Waals surface area contributed by atoms with Crippen molar-refractivity contribution in [3.8, 4) is 0 Å². The zero-order valence-corrected chi connectivity index (χ0v) is 18.8. The molecule has 1 aliphatic rings. The first-order valence-corrected chi connectivity index (χ1v) is 10.5. The van der Waals surface area contributed by atoms with Crippen LogP contribution in [0.25, 0.3) is 0 Å². The van der Waals surface area contributed by atoms with E-state index >= 15 is 0 Å². The number of carboxylic acid groups (broad SMARTS) is 1. The summed E-state index contributed by atoms with van der Waals surface area (Å²) in [4.78, 5) is 52.1. The predicted molar refractivity (Wildman–Crippen MR) is 120 cm³/mol. The van der Waals surface area contributed by atoms with E-state index in [4.69, 9.17) is 4.74 Å². The lowest BCUT2D eigenvalue weighted by atomic mass is 10.0. The average Bonchev–Trinajstić information content (AvgIpc) is 3.00. The minimum Gasteiger partial charge on any atom is -0.465 e. The number of hydrogen-bond acceptors (Lipinski definition) is 5. The summed E-state index contributed by atoms with van der Waals surface area (Å²) < 4.78 is 5.20. The van der Waals surface area contributed by atoms with E-state index in [1.165, 1.54) is 0 Å². The van der Waals surface area contributed by atoms with Gasteiger partial charge in [0.1, 0.15) is 6.61 Å². The summed E-state index contributed by atoms with van der Waals surface area (Å²) >= 11 is 0. The van der Waals surface area contributed by atoms with Crippen LogP contribution in [0.15, 0.2) is 54.6 Å². The van der Waals surface area contributed by atoms with Gasteiger partial charge in [0.15, 0.2) is 0 Å². The molecule has 9 nitrogen and oxygen atoms in total. The molecule has 0 bridgehead atoms. The van der Waals surface area contributed by atoms with Crippen molar-refractivity contribution >= 4 is 24.0 Å². The fraction of sp³-hybridized carbons (Fsp3) is 0.333. The third-order valence-corrected chi connectivity index (χ3v) is 5.26. The Labute approximate surface area is 191 Å². The number of fused-ring (bicyclic) bond motifs is 1. The molecule has 0 saturated heterocycles. The maximum atomic E-state index is 12.8. The highest BCUT2D eigenvalue weighted by Crippen LogP contribution is 2.25. The minimum absolute atomic E-state index is 0.0532. The summed E-state index contributed by atoms with van der Waals surface area (Å²) in [6.07, 6.45) is -1.96. The van der Waals surface area contributed by atoms with E-state index in [0.717, 1.165) is 15.4 Å². The van der Waals surface area contributed by atoms with Crippen molar-refractivity contribution in [2.75, 3.05) is 13.1 Å². The minimum atomic E-state index is -1.23. The quantitative estimate of drug-likeness (QED) is 0.621. The zero-order valence-electron chi connectivity index (χ0n) is 18.8. The van der Waals surface area contributed by atoms with Crippen molar-refractivity contribution in [1.29, 1.82) is 0 Å². The van der Waals surface area contributed by atoms with Crippen LogP contribution < -0.4 is 5.32 Å². The number of rotatable bonds is 7. The summed E-state index contributed by atoms with van der Waals surface area (Å²) in [5, 5.41) is 12.4. The van der Waals surface area contributed by atoms with E-state index < -0.39 is 35.6 Å². The maximum absolute atomic E-state index is 12.8. The third kappa shape index (κ3) is 5.49. The van der Waals surface area contributed by atoms with Gasteiger partial charge in [0, 0.05) is 12.1 Å². The van der Waals surface area contributed by atoms with Crippen LogP contribution in [-0.2, 0) is 11.3 Å². The van der Waals surface area contributed by atoms with Crippen LogP contribution in [0.3, 0.4) is 0 Å². The van der Waals surface area contributed by atoms with Gasteiger partial charge in [0.2, 0.25) is 0 Å². The van der Waals surface area contributed by atoms with Crippen LogP contribution in [-0.4, -0.2) is 63.6 Å². The number of alkyl carbamates (subject to hydrolysis) is 1. The number of nitrogens with one attached hydrogen (secondary N) is 1. The molecule has 0 fully saturated rings. The molecule has 2 aromatic carbocycles. The lowest BCUT2D eigenvalue weighted by Crippen LogP contribution is -2.59. The molecule has 0 aromatic heterocycles. The first kappa shape index (κ1) is 23.8. The summed E-state index contributed by atoms with van der Waals surface area (Å²) in [5.74, 6) is -0.988. The second-order valence-corrected chi connectivity index (χ2v) is 8.69. The Bertz CT molecular complexity index is 1010. The molecular formula is C24H27N3O6. The summed E-state index contributed by atoms with van der Waals surface area (Å²) in [6.45, 7) is 4.79. The lowest BCUT2D eigenvalue weighted by molar-refractivity contribution is 0.0426. The molecule has 0 aliphatic carbocycles. The fourth-order valence-electron chi connectivity index (χ4n) is 3.82. The fourth-order valence-corrected chi connectivity index (χ4v) is 3.82. The standard InChI is InChI=1S/C24H27N3O6/c1-24(2,3)27(23(31)32)17(13-25-22(30)33-15-16-9-5-4-6-10-16)14-26-20(28)18-11-7-8-12-19(18)21(26)29/h4-12,17H,13-15H2,1-3H3,(H,25,30)(H,31,32). The lowest BCUT2D eigenvalue weighted by Gasteiger charge is -2.40. The molecular weight excluding hydrogens is 426 g/mol. The molecule has 0 radical (unpaired) electrons. The SMILES string of the molecule is CC(C)(C)N(C(=O)O)C(CNC(=O)OCc1ccccc1)CN1C(=O)c2ccccc2C1=O. The first-order valence-electron chi connectivity index (χ1n) is 10.5. The molecule has 1 heterocycles. The van der Waals surface area contributed by atoms with Gasteiger partial charge in [-0.1, -0.05) is 42.5 Å². The maximum Gasteiger partial charge on any atom is 0.408 e. The summed E-state index contributed by atoms with van der Waals surface area (Å²) in [7, 11) is 0. The van der Waals surface area contributed by atoms with Crippen molar-refractivity contribution < 1.29 is 29.0 Å². The summed E-state index contributed by atoms with van der Waals surface area (Å²) in [5.41, 5.74) is 0.491. The zero-order chi connectivity index (χ0) is 24.2. The number of ether oxygens (including phenoxy) is 1. The molecule has 9 heteroatoms. The van der Waals surface area contributed by atoms with Crippen LogP contribution in [0.2, 0.25) is 0 Å². The van der Waals surface area contributed by atoms with Crippen LogP contribution in [0, 0.1) is 0 Å². The highest BCUT2D eigenvalue weighted by atomic mass is 16.5. The van der Waals surface area contributed by atoms with E-state index in [1.54, 1.807) is 45.0 Å². The highest BCUT2D eigenvalue weighted by molar-refractivity contribution is 6.21. The molecule has 2 aromatic rings. The van der Waals surface area contributed by atoms with Crippen LogP contribution in [0.5, 0.6) is 0 Å². The molecule has 2 N–H and O–H groups in total. The van der Waals surface area contributed by atoms with Gasteiger partial charge in [-0.15, -0.1) is 0 Å². The molecule has 0 saturated carbocycles. The number of amides is 4. The number of carbonyl (C=O) groups excluding carboxylic acids is 3. The van der Waals surface area contributed by atoms with Crippen molar-refractivity contribution in [3.05, 3.63) is 71.3 Å². The number of imide groups is 1. The van der Waals surface area contributed by atoms with E-state index in [9.17, 15) is 24.3 Å². The van der Waals surface area contributed by atoms with E-state index in [-0.39, 0.29) is 30.8 Å². The molecule has 1 unspecified atom stereocenters. The van der Waals surface area contributed by atoms with Gasteiger partial charge in [0.05, 0.1) is 23.7 Å². The Morgan fingerprint density at radius 3 is 2.06 bits per heavy atom. The highest BCUT2D eigenvalue weighted by Gasteiger charge is 2.41. The number of benzene rings is 2. The van der Waals surface area contributed by atoms with E-state index in [0.29, 0.717) is 0 Å². The van der Waals surface area contributed by atoms with Gasteiger partial charge in [-0.05, 0) is 38.5 Å². The second kappa shape index (κ2) is 9.72. The Balaban J connectivity index is 1.74. The smallest absolute Gasteiger partial charge is 0.408 e. The Morgan fingerprint density at radius 2 is 1.55 bits per heavy atom. The molecule has 1 aliphatic heterocycles.